The molecule has 1 aromatic carbocycles. The summed E-state index contributed by atoms with van der Waals surface area (Å²) in [4.78, 5) is 19.0. The summed E-state index contributed by atoms with van der Waals surface area (Å²) in [6.07, 6.45) is 3.73. The molecule has 146 valence electrons. The Morgan fingerprint density at radius 2 is 2.25 bits per heavy atom. The average Bonchev–Trinajstić information content (AvgIpc) is 3.23. The van der Waals surface area contributed by atoms with E-state index in [1.807, 2.05) is 40.0 Å². The molecule has 0 bridgehead atoms. The van der Waals surface area contributed by atoms with Crippen LogP contribution in [-0.4, -0.2) is 51.1 Å². The van der Waals surface area contributed by atoms with Gasteiger partial charge in [-0.15, -0.1) is 5.10 Å². The highest BCUT2D eigenvalue weighted by molar-refractivity contribution is 5.92. The Morgan fingerprint density at radius 3 is 3.04 bits per heavy atom. The highest BCUT2D eigenvalue weighted by Gasteiger charge is 2.25. The molecule has 4 rings (SSSR count). The number of benzene rings is 1. The number of carbonyl (C=O) groups is 1. The molecular formula is C19H23N7O2. The first-order valence-electron chi connectivity index (χ1n) is 9.28. The van der Waals surface area contributed by atoms with Crippen molar-refractivity contribution in [1.29, 1.82) is 0 Å². The first kappa shape index (κ1) is 18.2. The molecule has 3 aromatic rings. The van der Waals surface area contributed by atoms with Gasteiger partial charge in [0.1, 0.15) is 0 Å². The van der Waals surface area contributed by atoms with Gasteiger partial charge in [-0.3, -0.25) is 0 Å². The van der Waals surface area contributed by atoms with Crippen LogP contribution in [0, 0.1) is 0 Å². The number of likely N-dealkylation sites (tertiary alicyclic amines) is 1. The van der Waals surface area contributed by atoms with E-state index in [1.54, 1.807) is 13.2 Å². The average molecular weight is 381 g/mol. The number of hydrogen-bond acceptors (Lipinski definition) is 6. The lowest BCUT2D eigenvalue weighted by atomic mass is 10.1. The van der Waals surface area contributed by atoms with Crippen molar-refractivity contribution in [2.24, 2.45) is 5.73 Å². The van der Waals surface area contributed by atoms with Crippen LogP contribution in [0.15, 0.2) is 36.5 Å². The van der Waals surface area contributed by atoms with Crippen molar-refractivity contribution < 1.29 is 9.53 Å². The normalized spacial score (nSPS) is 16.9. The zero-order chi connectivity index (χ0) is 19.5. The molecular weight excluding hydrogens is 358 g/mol. The second kappa shape index (κ2) is 7.81. The maximum atomic E-state index is 12.8. The SMILES string of the molecule is COc1ccc2cc(NC(=O)N3CCCC(n4cc(CN)nn4)C3)ccc2n1. The Labute approximate surface area is 162 Å². The van der Waals surface area contributed by atoms with Gasteiger partial charge in [0, 0.05) is 36.8 Å². The fraction of sp³-hybridized carbons (Fsp3) is 0.368. The van der Waals surface area contributed by atoms with Crippen LogP contribution in [0.3, 0.4) is 0 Å². The minimum atomic E-state index is -0.121. The fourth-order valence-electron chi connectivity index (χ4n) is 3.44. The van der Waals surface area contributed by atoms with Crippen LogP contribution in [0.5, 0.6) is 5.88 Å². The first-order valence-corrected chi connectivity index (χ1v) is 9.28. The topological polar surface area (TPSA) is 111 Å². The van der Waals surface area contributed by atoms with Gasteiger partial charge in [-0.25, -0.2) is 14.5 Å². The summed E-state index contributed by atoms with van der Waals surface area (Å²) in [7, 11) is 1.59. The van der Waals surface area contributed by atoms with Gasteiger partial charge in [-0.2, -0.15) is 0 Å². The Hall–Kier alpha value is -3.20. The van der Waals surface area contributed by atoms with Crippen LogP contribution in [0.1, 0.15) is 24.6 Å². The van der Waals surface area contributed by atoms with Gasteiger partial charge in [-0.1, -0.05) is 5.21 Å². The van der Waals surface area contributed by atoms with Gasteiger partial charge in [0.15, 0.2) is 0 Å². The van der Waals surface area contributed by atoms with Crippen molar-refractivity contribution in [3.05, 3.63) is 42.2 Å². The van der Waals surface area contributed by atoms with Crippen LogP contribution in [0.2, 0.25) is 0 Å². The van der Waals surface area contributed by atoms with Gasteiger partial charge >= 0.3 is 6.03 Å². The molecule has 9 nitrogen and oxygen atoms in total. The van der Waals surface area contributed by atoms with Crippen LogP contribution >= 0.6 is 0 Å². The Kier molecular flexibility index (Phi) is 5.07. The first-order chi connectivity index (χ1) is 13.7. The number of ether oxygens (including phenoxy) is 1. The second-order valence-corrected chi connectivity index (χ2v) is 6.83. The lowest BCUT2D eigenvalue weighted by molar-refractivity contribution is 0.174. The molecule has 0 spiro atoms. The summed E-state index contributed by atoms with van der Waals surface area (Å²) >= 11 is 0. The predicted octanol–water partition coefficient (Wildman–Crippen LogP) is 2.16. The monoisotopic (exact) mass is 381 g/mol. The van der Waals surface area contributed by atoms with Crippen LogP contribution in [0.25, 0.3) is 10.9 Å². The van der Waals surface area contributed by atoms with Gasteiger partial charge in [0.05, 0.1) is 30.6 Å². The van der Waals surface area contributed by atoms with Gasteiger partial charge in [0.25, 0.3) is 0 Å². The van der Waals surface area contributed by atoms with Crippen molar-refractivity contribution in [3.63, 3.8) is 0 Å². The van der Waals surface area contributed by atoms with Crippen molar-refractivity contribution in [1.82, 2.24) is 24.9 Å². The number of methoxy groups -OCH3 is 1. The van der Waals surface area contributed by atoms with E-state index < -0.39 is 0 Å². The molecule has 1 fully saturated rings. The summed E-state index contributed by atoms with van der Waals surface area (Å²) in [5, 5.41) is 12.1. The number of nitrogens with two attached hydrogens (primary N) is 1. The maximum Gasteiger partial charge on any atom is 0.321 e. The van der Waals surface area contributed by atoms with E-state index in [0.717, 1.165) is 35.1 Å². The number of nitrogens with zero attached hydrogens (tertiary/aromatic N) is 5. The van der Waals surface area contributed by atoms with Crippen molar-refractivity contribution in [2.45, 2.75) is 25.4 Å². The zero-order valence-electron chi connectivity index (χ0n) is 15.7. The van der Waals surface area contributed by atoms with E-state index in [1.165, 1.54) is 0 Å². The van der Waals surface area contributed by atoms with Gasteiger partial charge < -0.3 is 20.7 Å². The molecule has 0 saturated carbocycles. The summed E-state index contributed by atoms with van der Waals surface area (Å²) < 4.78 is 6.96. The number of hydrogen-bond donors (Lipinski definition) is 2. The maximum absolute atomic E-state index is 12.8. The number of rotatable bonds is 4. The number of fused-ring (bicyclic) bond motifs is 1. The van der Waals surface area contributed by atoms with Crippen molar-refractivity contribution in [2.75, 3.05) is 25.5 Å². The van der Waals surface area contributed by atoms with E-state index in [-0.39, 0.29) is 12.1 Å². The van der Waals surface area contributed by atoms with E-state index in [4.69, 9.17) is 10.5 Å². The molecule has 9 heteroatoms. The van der Waals surface area contributed by atoms with Crippen molar-refractivity contribution >= 4 is 22.6 Å². The molecule has 1 unspecified atom stereocenters. The number of piperidine rings is 1. The van der Waals surface area contributed by atoms with Crippen LogP contribution in [-0.2, 0) is 6.54 Å². The molecule has 2 amide bonds. The highest BCUT2D eigenvalue weighted by Crippen LogP contribution is 2.23. The predicted molar refractivity (Wildman–Crippen MR) is 105 cm³/mol. The number of pyridine rings is 1. The smallest absolute Gasteiger partial charge is 0.321 e. The molecule has 3 N–H and O–H groups in total. The quantitative estimate of drug-likeness (QED) is 0.716. The molecule has 1 saturated heterocycles. The standard InChI is InChI=1S/C19H23N7O2/c1-28-18-7-4-13-9-14(5-6-17(13)22-18)21-19(27)25-8-2-3-16(12-25)26-11-15(10-20)23-24-26/h4-7,9,11,16H,2-3,8,10,12,20H2,1H3,(H,21,27). The molecule has 1 aliphatic rings. The molecule has 0 aliphatic carbocycles. The zero-order valence-corrected chi connectivity index (χ0v) is 15.7. The third-order valence-corrected chi connectivity index (χ3v) is 4.95. The number of urea groups is 1. The molecule has 2 aromatic heterocycles. The summed E-state index contributed by atoms with van der Waals surface area (Å²) in [5.74, 6) is 0.564. The van der Waals surface area contributed by atoms with E-state index in [2.05, 4.69) is 20.6 Å². The largest absolute Gasteiger partial charge is 0.481 e. The minimum Gasteiger partial charge on any atom is -0.481 e. The van der Waals surface area contributed by atoms with E-state index in [0.29, 0.717) is 25.5 Å². The van der Waals surface area contributed by atoms with E-state index >= 15 is 0 Å². The number of anilines is 1. The van der Waals surface area contributed by atoms with Gasteiger partial charge in [0.2, 0.25) is 5.88 Å². The second-order valence-electron chi connectivity index (χ2n) is 6.83. The van der Waals surface area contributed by atoms with Gasteiger partial charge in [-0.05, 0) is 37.1 Å². The Balaban J connectivity index is 1.44. The third kappa shape index (κ3) is 3.74. The molecule has 0 radical (unpaired) electrons. The van der Waals surface area contributed by atoms with Crippen LogP contribution < -0.4 is 15.8 Å². The molecule has 3 heterocycles. The third-order valence-electron chi connectivity index (χ3n) is 4.95. The number of nitrogens with one attached hydrogen (secondary N) is 1. The lowest BCUT2D eigenvalue weighted by Gasteiger charge is -2.32. The van der Waals surface area contributed by atoms with E-state index in [9.17, 15) is 4.79 Å². The van der Waals surface area contributed by atoms with Crippen LogP contribution in [0.4, 0.5) is 10.5 Å². The minimum absolute atomic E-state index is 0.112. The summed E-state index contributed by atoms with van der Waals surface area (Å²) in [5.41, 5.74) is 7.91. The lowest BCUT2D eigenvalue weighted by Crippen LogP contribution is -2.43. The number of aromatic nitrogens is 4. The Morgan fingerprint density at radius 1 is 1.36 bits per heavy atom. The fourth-order valence-corrected chi connectivity index (χ4v) is 3.44. The highest BCUT2D eigenvalue weighted by atomic mass is 16.5. The Bertz CT molecular complexity index is 987. The number of carbonyl (C=O) groups excluding carboxylic acids is 1. The summed E-state index contributed by atoms with van der Waals surface area (Å²) in [6.45, 7) is 1.66. The molecule has 1 atom stereocenters. The number of amides is 2. The molecule has 1 aliphatic heterocycles. The van der Waals surface area contributed by atoms with Crippen molar-refractivity contribution in [3.8, 4) is 5.88 Å². The summed E-state index contributed by atoms with van der Waals surface area (Å²) in [6, 6.07) is 9.34. The molecule has 28 heavy (non-hydrogen) atoms.